The molecule has 0 heterocycles. The lowest BCUT2D eigenvalue weighted by atomic mass is 10.0. The fourth-order valence-corrected chi connectivity index (χ4v) is 2.16. The number of methoxy groups -OCH3 is 2. The van der Waals surface area contributed by atoms with E-state index in [9.17, 15) is 9.59 Å². The van der Waals surface area contributed by atoms with Crippen molar-refractivity contribution in [1.29, 1.82) is 0 Å². The third kappa shape index (κ3) is 5.69. The first kappa shape index (κ1) is 18.6. The van der Waals surface area contributed by atoms with Crippen molar-refractivity contribution in [3.05, 3.63) is 23.8 Å². The molecule has 3 amide bonds. The minimum absolute atomic E-state index is 0.0522. The Morgan fingerprint density at radius 3 is 2.35 bits per heavy atom. The predicted octanol–water partition coefficient (Wildman–Crippen LogP) is 1.06. The van der Waals surface area contributed by atoms with Crippen LogP contribution in [0.4, 0.5) is 4.79 Å². The van der Waals surface area contributed by atoms with Gasteiger partial charge in [-0.3, -0.25) is 4.79 Å². The maximum Gasteiger partial charge on any atom is 0.312 e. The Labute approximate surface area is 136 Å². The molecule has 1 unspecified atom stereocenters. The molecule has 0 aliphatic rings. The molecule has 1 rings (SSSR count). The van der Waals surface area contributed by atoms with Crippen LogP contribution in [0, 0.1) is 5.92 Å². The van der Waals surface area contributed by atoms with Gasteiger partial charge in [-0.25, -0.2) is 4.79 Å². The van der Waals surface area contributed by atoms with Gasteiger partial charge in [-0.2, -0.15) is 0 Å². The number of nitrogens with two attached hydrogens (primary N) is 1. The van der Waals surface area contributed by atoms with Crippen LogP contribution in [-0.4, -0.2) is 38.7 Å². The number of hydrogen-bond acceptors (Lipinski definition) is 4. The maximum absolute atomic E-state index is 12.1. The van der Waals surface area contributed by atoms with E-state index in [0.29, 0.717) is 24.5 Å². The van der Waals surface area contributed by atoms with E-state index in [1.807, 2.05) is 32.0 Å². The molecule has 0 aliphatic heterocycles. The number of amides is 3. The molecule has 7 nitrogen and oxygen atoms in total. The number of ether oxygens (including phenoxy) is 2. The molecule has 0 radical (unpaired) electrons. The quantitative estimate of drug-likeness (QED) is 0.665. The van der Waals surface area contributed by atoms with Gasteiger partial charge >= 0.3 is 6.03 Å². The van der Waals surface area contributed by atoms with E-state index >= 15 is 0 Å². The van der Waals surface area contributed by atoms with Crippen LogP contribution in [0.1, 0.15) is 19.4 Å². The Balaban J connectivity index is 2.58. The average Bonchev–Trinajstić information content (AvgIpc) is 2.51. The van der Waals surface area contributed by atoms with Crippen molar-refractivity contribution in [1.82, 2.24) is 10.6 Å². The molecular formula is C16H25N3O4. The summed E-state index contributed by atoms with van der Waals surface area (Å²) in [6.07, 6.45) is 0.632. The SMILES string of the molecule is COc1ccc(CCNC(=O)C(NC(N)=O)C(C)C)cc1OC. The molecule has 0 fully saturated rings. The molecule has 0 saturated carbocycles. The molecule has 1 aromatic rings. The average molecular weight is 323 g/mol. The maximum atomic E-state index is 12.1. The summed E-state index contributed by atoms with van der Waals surface area (Å²) in [7, 11) is 3.15. The molecule has 0 bridgehead atoms. The van der Waals surface area contributed by atoms with Crippen molar-refractivity contribution in [2.45, 2.75) is 26.3 Å². The molecule has 1 atom stereocenters. The molecule has 1 aromatic carbocycles. The minimum Gasteiger partial charge on any atom is -0.493 e. The Morgan fingerprint density at radius 1 is 1.17 bits per heavy atom. The Kier molecular flexibility index (Phi) is 7.18. The molecule has 0 aliphatic carbocycles. The summed E-state index contributed by atoms with van der Waals surface area (Å²) in [6, 6.07) is 4.25. The van der Waals surface area contributed by atoms with Crippen LogP contribution in [0.3, 0.4) is 0 Å². The van der Waals surface area contributed by atoms with Gasteiger partial charge in [0.05, 0.1) is 14.2 Å². The van der Waals surface area contributed by atoms with Crippen LogP contribution in [0.2, 0.25) is 0 Å². The molecule has 0 saturated heterocycles. The molecule has 0 aromatic heterocycles. The summed E-state index contributed by atoms with van der Waals surface area (Å²) >= 11 is 0. The normalized spacial score (nSPS) is 11.7. The molecule has 0 spiro atoms. The Morgan fingerprint density at radius 2 is 1.83 bits per heavy atom. The number of carbonyl (C=O) groups excluding carboxylic acids is 2. The standard InChI is InChI=1S/C16H25N3O4/c1-10(2)14(19-16(17)21)15(20)18-8-7-11-5-6-12(22-3)13(9-11)23-4/h5-6,9-10,14H,7-8H2,1-4H3,(H,18,20)(H3,17,19,21). The lowest BCUT2D eigenvalue weighted by Gasteiger charge is -2.20. The zero-order chi connectivity index (χ0) is 17.4. The summed E-state index contributed by atoms with van der Waals surface area (Å²) in [4.78, 5) is 23.1. The third-order valence-electron chi connectivity index (χ3n) is 3.41. The number of rotatable bonds is 8. The number of nitrogens with one attached hydrogen (secondary N) is 2. The number of benzene rings is 1. The molecule has 23 heavy (non-hydrogen) atoms. The molecular weight excluding hydrogens is 298 g/mol. The summed E-state index contributed by atoms with van der Waals surface area (Å²) < 4.78 is 10.4. The minimum atomic E-state index is -0.709. The number of urea groups is 1. The first-order valence-corrected chi connectivity index (χ1v) is 7.43. The monoisotopic (exact) mass is 323 g/mol. The molecule has 4 N–H and O–H groups in total. The lowest BCUT2D eigenvalue weighted by Crippen LogP contribution is -2.51. The molecule has 128 valence electrons. The second-order valence-corrected chi connectivity index (χ2v) is 5.46. The predicted molar refractivity (Wildman–Crippen MR) is 87.6 cm³/mol. The fraction of sp³-hybridized carbons (Fsp3) is 0.500. The zero-order valence-corrected chi connectivity index (χ0v) is 14.0. The van der Waals surface area contributed by atoms with Crippen LogP contribution in [0.25, 0.3) is 0 Å². The van der Waals surface area contributed by atoms with Crippen LogP contribution in [0.15, 0.2) is 18.2 Å². The van der Waals surface area contributed by atoms with Crippen molar-refractivity contribution < 1.29 is 19.1 Å². The number of hydrogen-bond donors (Lipinski definition) is 3. The first-order valence-electron chi connectivity index (χ1n) is 7.43. The van der Waals surface area contributed by atoms with Gasteiger partial charge in [0, 0.05) is 6.54 Å². The lowest BCUT2D eigenvalue weighted by molar-refractivity contribution is -0.123. The van der Waals surface area contributed by atoms with E-state index < -0.39 is 12.1 Å². The van der Waals surface area contributed by atoms with Crippen LogP contribution < -0.4 is 25.8 Å². The van der Waals surface area contributed by atoms with Crippen LogP contribution in [0.5, 0.6) is 11.5 Å². The summed E-state index contributed by atoms with van der Waals surface area (Å²) in [6.45, 7) is 4.13. The largest absolute Gasteiger partial charge is 0.493 e. The topological polar surface area (TPSA) is 103 Å². The molecule has 7 heteroatoms. The van der Waals surface area contributed by atoms with Gasteiger partial charge in [-0.05, 0) is 30.0 Å². The van der Waals surface area contributed by atoms with Crippen molar-refractivity contribution in [2.24, 2.45) is 11.7 Å². The highest BCUT2D eigenvalue weighted by atomic mass is 16.5. The van der Waals surface area contributed by atoms with Gasteiger partial charge in [0.25, 0.3) is 0 Å². The van der Waals surface area contributed by atoms with Gasteiger partial charge in [0.2, 0.25) is 5.91 Å². The highest BCUT2D eigenvalue weighted by Gasteiger charge is 2.22. The van der Waals surface area contributed by atoms with Gasteiger partial charge in [-0.15, -0.1) is 0 Å². The number of carbonyl (C=O) groups is 2. The van der Waals surface area contributed by atoms with Crippen LogP contribution in [-0.2, 0) is 11.2 Å². The Bertz CT molecular complexity index is 546. The smallest absolute Gasteiger partial charge is 0.312 e. The second kappa shape index (κ2) is 8.87. The van der Waals surface area contributed by atoms with E-state index in [1.165, 1.54) is 0 Å². The number of primary amides is 1. The fourth-order valence-electron chi connectivity index (χ4n) is 2.16. The van der Waals surface area contributed by atoms with Crippen molar-refractivity contribution >= 4 is 11.9 Å². The van der Waals surface area contributed by atoms with Gasteiger partial charge in [0.15, 0.2) is 11.5 Å². The zero-order valence-electron chi connectivity index (χ0n) is 14.0. The van der Waals surface area contributed by atoms with E-state index in [2.05, 4.69) is 10.6 Å². The third-order valence-corrected chi connectivity index (χ3v) is 3.41. The van der Waals surface area contributed by atoms with E-state index in [-0.39, 0.29) is 11.8 Å². The highest BCUT2D eigenvalue weighted by molar-refractivity contribution is 5.86. The van der Waals surface area contributed by atoms with Gasteiger partial charge in [-0.1, -0.05) is 19.9 Å². The summed E-state index contributed by atoms with van der Waals surface area (Å²) in [5.74, 6) is 1.00. The van der Waals surface area contributed by atoms with Gasteiger partial charge < -0.3 is 25.8 Å². The van der Waals surface area contributed by atoms with E-state index in [1.54, 1.807) is 14.2 Å². The van der Waals surface area contributed by atoms with Crippen molar-refractivity contribution in [3.8, 4) is 11.5 Å². The summed E-state index contributed by atoms with van der Waals surface area (Å²) in [5, 5.41) is 5.25. The summed E-state index contributed by atoms with van der Waals surface area (Å²) in [5.41, 5.74) is 6.10. The van der Waals surface area contributed by atoms with E-state index in [0.717, 1.165) is 5.56 Å². The van der Waals surface area contributed by atoms with Crippen molar-refractivity contribution in [2.75, 3.05) is 20.8 Å². The van der Waals surface area contributed by atoms with Crippen LogP contribution >= 0.6 is 0 Å². The van der Waals surface area contributed by atoms with Crippen molar-refractivity contribution in [3.63, 3.8) is 0 Å². The van der Waals surface area contributed by atoms with Gasteiger partial charge in [0.1, 0.15) is 6.04 Å². The second-order valence-electron chi connectivity index (χ2n) is 5.46. The van der Waals surface area contributed by atoms with E-state index in [4.69, 9.17) is 15.2 Å². The highest BCUT2D eigenvalue weighted by Crippen LogP contribution is 2.27. The first-order chi connectivity index (χ1) is 10.9. The Hall–Kier alpha value is -2.44.